The number of hydrogen-bond donors (Lipinski definition) is 2. The molecule has 0 aliphatic carbocycles. The lowest BCUT2D eigenvalue weighted by Gasteiger charge is -2.38. The van der Waals surface area contributed by atoms with Crippen LogP contribution in [0.15, 0.2) is 65.6 Å². The largest absolute Gasteiger partial charge is 0.496 e. The Morgan fingerprint density at radius 2 is 2.03 bits per heavy atom. The SMILES string of the molecule is COc1cc(C=C2CCCN3C2=NOC3(CO)c2ccc(F)cc2)ccc1-c1cnc(N)cn1. The Bertz CT molecular complexity index is 1260. The van der Waals surface area contributed by atoms with Crippen molar-refractivity contribution >= 4 is 17.7 Å². The molecule has 2 aliphatic heterocycles. The van der Waals surface area contributed by atoms with Gasteiger partial charge in [0.25, 0.3) is 5.72 Å². The molecule has 2 aliphatic rings. The van der Waals surface area contributed by atoms with Crippen molar-refractivity contribution in [1.29, 1.82) is 0 Å². The average molecular weight is 461 g/mol. The summed E-state index contributed by atoms with van der Waals surface area (Å²) in [5.74, 6) is 1.32. The zero-order chi connectivity index (χ0) is 23.7. The summed E-state index contributed by atoms with van der Waals surface area (Å²) in [6.07, 6.45) is 6.81. The lowest BCUT2D eigenvalue weighted by Crippen LogP contribution is -2.51. The van der Waals surface area contributed by atoms with E-state index in [1.807, 2.05) is 29.2 Å². The fourth-order valence-corrected chi connectivity index (χ4v) is 4.39. The van der Waals surface area contributed by atoms with E-state index in [2.05, 4.69) is 15.1 Å². The molecule has 34 heavy (non-hydrogen) atoms. The van der Waals surface area contributed by atoms with E-state index >= 15 is 0 Å². The Hall–Kier alpha value is -3.98. The van der Waals surface area contributed by atoms with Crippen molar-refractivity contribution in [2.24, 2.45) is 5.16 Å². The van der Waals surface area contributed by atoms with Gasteiger partial charge in [0.1, 0.15) is 24.0 Å². The Balaban J connectivity index is 1.46. The molecule has 8 nitrogen and oxygen atoms in total. The van der Waals surface area contributed by atoms with E-state index in [0.717, 1.165) is 29.5 Å². The molecule has 0 spiro atoms. The lowest BCUT2D eigenvalue weighted by molar-refractivity contribution is -0.137. The number of benzene rings is 2. The number of nitrogens with zero attached hydrogens (tertiary/aromatic N) is 4. The van der Waals surface area contributed by atoms with Crippen LogP contribution < -0.4 is 10.5 Å². The van der Waals surface area contributed by atoms with E-state index in [4.69, 9.17) is 15.3 Å². The van der Waals surface area contributed by atoms with Crippen molar-refractivity contribution in [1.82, 2.24) is 14.9 Å². The Kier molecular flexibility index (Phi) is 5.62. The highest BCUT2D eigenvalue weighted by atomic mass is 19.1. The van der Waals surface area contributed by atoms with Crippen LogP contribution in [-0.2, 0) is 10.6 Å². The number of fused-ring (bicyclic) bond motifs is 1. The molecule has 1 saturated heterocycles. The summed E-state index contributed by atoms with van der Waals surface area (Å²) < 4.78 is 19.1. The summed E-state index contributed by atoms with van der Waals surface area (Å²) >= 11 is 0. The third kappa shape index (κ3) is 3.73. The second-order valence-corrected chi connectivity index (χ2v) is 8.17. The minimum Gasteiger partial charge on any atom is -0.496 e. The van der Waals surface area contributed by atoms with Gasteiger partial charge < -0.3 is 25.3 Å². The number of aromatic nitrogens is 2. The Morgan fingerprint density at radius 1 is 1.21 bits per heavy atom. The number of rotatable bonds is 5. The molecule has 1 fully saturated rings. The number of nitrogens with two attached hydrogens (primary N) is 1. The molecule has 1 unspecified atom stereocenters. The summed E-state index contributed by atoms with van der Waals surface area (Å²) in [7, 11) is 1.61. The summed E-state index contributed by atoms with van der Waals surface area (Å²) in [6, 6.07) is 11.8. The van der Waals surface area contributed by atoms with Gasteiger partial charge in [-0.3, -0.25) is 4.98 Å². The van der Waals surface area contributed by atoms with Gasteiger partial charge in [-0.2, -0.15) is 0 Å². The van der Waals surface area contributed by atoms with Crippen molar-refractivity contribution in [3.8, 4) is 17.0 Å². The number of aliphatic hydroxyl groups excluding tert-OH is 1. The summed E-state index contributed by atoms with van der Waals surface area (Å²) in [5, 5.41) is 14.6. The van der Waals surface area contributed by atoms with Gasteiger partial charge in [-0.1, -0.05) is 11.2 Å². The van der Waals surface area contributed by atoms with Crippen LogP contribution in [0.3, 0.4) is 0 Å². The van der Waals surface area contributed by atoms with Gasteiger partial charge in [0, 0.05) is 17.7 Å². The van der Waals surface area contributed by atoms with Crippen molar-refractivity contribution in [3.63, 3.8) is 0 Å². The minimum absolute atomic E-state index is 0.315. The topological polar surface area (TPSA) is 106 Å². The first-order valence-electron chi connectivity index (χ1n) is 10.9. The molecular formula is C25H24FN5O3. The van der Waals surface area contributed by atoms with Crippen molar-refractivity contribution < 1.29 is 19.1 Å². The molecule has 1 atom stereocenters. The first-order valence-corrected chi connectivity index (χ1v) is 10.9. The molecular weight excluding hydrogens is 437 g/mol. The monoisotopic (exact) mass is 461 g/mol. The molecule has 0 amide bonds. The second kappa shape index (κ2) is 8.75. The van der Waals surface area contributed by atoms with Crippen LogP contribution in [0.1, 0.15) is 24.0 Å². The van der Waals surface area contributed by atoms with Crippen LogP contribution in [0.4, 0.5) is 10.2 Å². The zero-order valence-electron chi connectivity index (χ0n) is 18.6. The molecule has 0 bridgehead atoms. The first-order chi connectivity index (χ1) is 16.5. The van der Waals surface area contributed by atoms with Crippen LogP contribution >= 0.6 is 0 Å². The van der Waals surface area contributed by atoms with E-state index in [0.29, 0.717) is 35.2 Å². The Morgan fingerprint density at radius 3 is 2.74 bits per heavy atom. The average Bonchev–Trinajstić information content (AvgIpc) is 3.26. The molecule has 174 valence electrons. The highest BCUT2D eigenvalue weighted by Crippen LogP contribution is 2.40. The van der Waals surface area contributed by atoms with Crippen molar-refractivity contribution in [2.75, 3.05) is 26.0 Å². The van der Waals surface area contributed by atoms with Crippen LogP contribution in [0, 0.1) is 5.82 Å². The smallest absolute Gasteiger partial charge is 0.260 e. The Labute approximate surface area is 196 Å². The van der Waals surface area contributed by atoms with Gasteiger partial charge in [0.05, 0.1) is 25.2 Å². The highest BCUT2D eigenvalue weighted by Gasteiger charge is 2.49. The number of halogens is 1. The first kappa shape index (κ1) is 21.8. The number of nitrogen functional groups attached to an aromatic ring is 1. The number of ether oxygens (including phenoxy) is 1. The number of oxime groups is 1. The minimum atomic E-state index is -1.17. The van der Waals surface area contributed by atoms with Crippen LogP contribution in [0.2, 0.25) is 0 Å². The van der Waals surface area contributed by atoms with Crippen LogP contribution in [-0.4, -0.2) is 46.1 Å². The van der Waals surface area contributed by atoms with E-state index in [9.17, 15) is 9.50 Å². The molecule has 3 heterocycles. The van der Waals surface area contributed by atoms with E-state index in [-0.39, 0.29) is 12.4 Å². The third-order valence-corrected chi connectivity index (χ3v) is 6.11. The summed E-state index contributed by atoms with van der Waals surface area (Å²) in [5.41, 5.74) is 8.49. The van der Waals surface area contributed by atoms with Gasteiger partial charge in [-0.25, -0.2) is 9.37 Å². The van der Waals surface area contributed by atoms with E-state index in [1.165, 1.54) is 18.3 Å². The molecule has 0 saturated carbocycles. The van der Waals surface area contributed by atoms with E-state index in [1.54, 1.807) is 25.4 Å². The van der Waals surface area contributed by atoms with Crippen molar-refractivity contribution in [3.05, 3.63) is 77.4 Å². The molecule has 3 aromatic rings. The van der Waals surface area contributed by atoms with E-state index < -0.39 is 5.72 Å². The fraction of sp³-hybridized carbons (Fsp3) is 0.240. The van der Waals surface area contributed by atoms with Gasteiger partial charge in [0.15, 0.2) is 5.84 Å². The van der Waals surface area contributed by atoms with Gasteiger partial charge >= 0.3 is 0 Å². The maximum absolute atomic E-state index is 13.5. The maximum atomic E-state index is 13.5. The van der Waals surface area contributed by atoms with Gasteiger partial charge in [0.2, 0.25) is 0 Å². The molecule has 2 aromatic carbocycles. The van der Waals surface area contributed by atoms with Crippen molar-refractivity contribution in [2.45, 2.75) is 18.6 Å². The normalized spacial score (nSPS) is 20.6. The van der Waals surface area contributed by atoms with Crippen LogP contribution in [0.5, 0.6) is 5.75 Å². The highest BCUT2D eigenvalue weighted by molar-refractivity contribution is 6.03. The molecule has 0 radical (unpaired) electrons. The zero-order valence-corrected chi connectivity index (χ0v) is 18.6. The number of methoxy groups -OCH3 is 1. The van der Waals surface area contributed by atoms with Gasteiger partial charge in [-0.05, 0) is 66.5 Å². The number of aliphatic hydroxyl groups is 1. The number of piperidine rings is 1. The predicted molar refractivity (Wildman–Crippen MR) is 126 cm³/mol. The molecule has 5 rings (SSSR count). The number of amidine groups is 1. The molecule has 3 N–H and O–H groups in total. The van der Waals surface area contributed by atoms with Crippen LogP contribution in [0.25, 0.3) is 17.3 Å². The summed E-state index contributed by atoms with van der Waals surface area (Å²) in [6.45, 7) is 0.343. The third-order valence-electron chi connectivity index (χ3n) is 6.11. The quantitative estimate of drug-likeness (QED) is 0.599. The molecule has 1 aromatic heterocycles. The number of anilines is 1. The number of hydrogen-bond acceptors (Lipinski definition) is 8. The summed E-state index contributed by atoms with van der Waals surface area (Å²) in [4.78, 5) is 16.2. The maximum Gasteiger partial charge on any atom is 0.260 e. The standard InChI is InChI=1S/C25H24FN5O3/c1-33-22-12-16(4-9-20(22)21-13-29-23(27)14-28-21)11-17-3-2-10-31-24(17)30-34-25(31,15-32)18-5-7-19(26)8-6-18/h4-9,11-14,32H,2-3,10,15H2,1H3,(H2,27,29). The fourth-order valence-electron chi connectivity index (χ4n) is 4.39. The van der Waals surface area contributed by atoms with Gasteiger partial charge in [-0.15, -0.1) is 0 Å². The lowest BCUT2D eigenvalue weighted by atomic mass is 9.94. The predicted octanol–water partition coefficient (Wildman–Crippen LogP) is 3.54. The molecule has 9 heteroatoms. The second-order valence-electron chi connectivity index (χ2n) is 8.17.